The van der Waals surface area contributed by atoms with Gasteiger partial charge in [-0.15, -0.1) is 0 Å². The van der Waals surface area contributed by atoms with Gasteiger partial charge in [-0.2, -0.15) is 0 Å². The maximum absolute atomic E-state index is 10.1. The fraction of sp³-hybridized carbons (Fsp3) is 0.444. The molecule has 0 spiro atoms. The van der Waals surface area contributed by atoms with Crippen molar-refractivity contribution in [2.24, 2.45) is 0 Å². The van der Waals surface area contributed by atoms with E-state index in [2.05, 4.69) is 0 Å². The van der Waals surface area contributed by atoms with Crippen molar-refractivity contribution in [1.29, 1.82) is 0 Å². The topological polar surface area (TPSA) is 37.3 Å². The van der Waals surface area contributed by atoms with Gasteiger partial charge in [-0.05, 0) is 26.7 Å². The van der Waals surface area contributed by atoms with E-state index in [-0.39, 0.29) is 0 Å². The van der Waals surface area contributed by atoms with Crippen molar-refractivity contribution in [2.75, 3.05) is 0 Å². The van der Waals surface area contributed by atoms with E-state index in [4.69, 9.17) is 5.11 Å². The quantitative estimate of drug-likeness (QED) is 0.498. The summed E-state index contributed by atoms with van der Waals surface area (Å²) >= 11 is 0. The third kappa shape index (κ3) is 6.84. The van der Waals surface area contributed by atoms with Gasteiger partial charge in [-0.1, -0.05) is 17.7 Å². The zero-order valence-electron chi connectivity index (χ0n) is 7.00. The van der Waals surface area contributed by atoms with E-state index in [1.807, 2.05) is 26.0 Å². The van der Waals surface area contributed by atoms with Crippen molar-refractivity contribution in [1.82, 2.24) is 0 Å². The van der Waals surface area contributed by atoms with Crippen LogP contribution in [0.1, 0.15) is 26.7 Å². The van der Waals surface area contributed by atoms with Gasteiger partial charge in [0.25, 0.3) is 0 Å². The molecule has 2 nitrogen and oxygen atoms in total. The second kappa shape index (κ2) is 5.71. The summed E-state index contributed by atoms with van der Waals surface area (Å²) in [6, 6.07) is 0. The van der Waals surface area contributed by atoms with Crippen LogP contribution in [0.2, 0.25) is 0 Å². The Bertz CT molecular complexity index is 178. The van der Waals surface area contributed by atoms with Crippen LogP contribution >= 0.6 is 0 Å². The summed E-state index contributed by atoms with van der Waals surface area (Å²) in [5.41, 5.74) is 0.913. The summed E-state index contributed by atoms with van der Waals surface area (Å²) in [7, 11) is 0. The summed E-state index contributed by atoms with van der Waals surface area (Å²) in [6.07, 6.45) is 7.00. The van der Waals surface area contributed by atoms with Crippen LogP contribution in [0.4, 0.5) is 0 Å². The molecule has 0 saturated carbocycles. The number of carbonyl (C=O) groups is 1. The van der Waals surface area contributed by atoms with Crippen LogP contribution < -0.4 is 0 Å². The lowest BCUT2D eigenvalue weighted by Gasteiger charge is -1.93. The van der Waals surface area contributed by atoms with Gasteiger partial charge in [0.1, 0.15) is 0 Å². The first kappa shape index (κ1) is 9.95. The highest BCUT2D eigenvalue weighted by atomic mass is 16.4. The molecule has 0 aromatic rings. The predicted octanol–water partition coefficient (Wildman–Crippen LogP) is 2.37. The molecule has 0 bridgehead atoms. The number of aliphatic carboxylic acids is 1. The molecule has 0 fully saturated rings. The Balaban J connectivity index is 3.68. The fourth-order valence-corrected chi connectivity index (χ4v) is 0.761. The molecular formula is C9H14O2. The molecule has 0 amide bonds. The smallest absolute Gasteiger partial charge is 0.328 e. The van der Waals surface area contributed by atoms with Crippen LogP contribution in [-0.2, 0) is 4.79 Å². The molecule has 0 aliphatic carbocycles. The van der Waals surface area contributed by atoms with Crippen LogP contribution in [0.3, 0.4) is 0 Å². The van der Waals surface area contributed by atoms with Crippen molar-refractivity contribution < 1.29 is 9.90 Å². The normalized spacial score (nSPS) is 12.4. The Morgan fingerprint density at radius 3 is 2.64 bits per heavy atom. The second-order valence-electron chi connectivity index (χ2n) is 2.44. The number of carboxylic acid groups (broad SMARTS) is 1. The maximum atomic E-state index is 10.1. The Hall–Kier alpha value is -1.05. The first-order valence-corrected chi connectivity index (χ1v) is 3.68. The van der Waals surface area contributed by atoms with E-state index >= 15 is 0 Å². The van der Waals surface area contributed by atoms with Gasteiger partial charge < -0.3 is 5.11 Å². The van der Waals surface area contributed by atoms with Crippen LogP contribution in [0.15, 0.2) is 23.8 Å². The average Bonchev–Trinajstić information content (AvgIpc) is 1.86. The number of hydrogen-bond donors (Lipinski definition) is 1. The van der Waals surface area contributed by atoms with Gasteiger partial charge in [0, 0.05) is 6.08 Å². The van der Waals surface area contributed by atoms with Gasteiger partial charge in [-0.25, -0.2) is 4.79 Å². The number of hydrogen-bond acceptors (Lipinski definition) is 1. The summed E-state index contributed by atoms with van der Waals surface area (Å²) in [6.45, 7) is 3.79. The zero-order chi connectivity index (χ0) is 8.69. The van der Waals surface area contributed by atoms with Gasteiger partial charge in [0.05, 0.1) is 0 Å². The molecule has 0 atom stereocenters. The number of allylic oxidation sites excluding steroid dienone is 3. The van der Waals surface area contributed by atoms with Crippen molar-refractivity contribution in [3.63, 3.8) is 0 Å². The van der Waals surface area contributed by atoms with Gasteiger partial charge in [0.15, 0.2) is 0 Å². The largest absolute Gasteiger partial charge is 0.478 e. The van der Waals surface area contributed by atoms with E-state index < -0.39 is 5.97 Å². The van der Waals surface area contributed by atoms with E-state index in [1.54, 1.807) is 0 Å². The van der Waals surface area contributed by atoms with E-state index in [0.717, 1.165) is 18.4 Å². The molecule has 62 valence electrons. The molecule has 0 rings (SSSR count). The van der Waals surface area contributed by atoms with Gasteiger partial charge in [-0.3, -0.25) is 0 Å². The van der Waals surface area contributed by atoms with Crippen LogP contribution in [-0.4, -0.2) is 11.1 Å². The molecule has 1 N–H and O–H groups in total. The lowest BCUT2D eigenvalue weighted by molar-refractivity contribution is -0.131. The highest BCUT2D eigenvalue weighted by molar-refractivity contribution is 5.80. The number of rotatable bonds is 4. The van der Waals surface area contributed by atoms with Gasteiger partial charge in [0.2, 0.25) is 0 Å². The zero-order valence-corrected chi connectivity index (χ0v) is 7.00. The standard InChI is InChI=1S/C9H14O2/c1-3-4-5-6-8(2)7-9(10)11/h3-4,7H,5-6H2,1-2H3,(H,10,11)/b4-3+,8-7+. The molecule has 0 aromatic heterocycles. The molecular weight excluding hydrogens is 140 g/mol. The lowest BCUT2D eigenvalue weighted by Crippen LogP contribution is -1.89. The molecule has 0 aliphatic rings. The highest BCUT2D eigenvalue weighted by Crippen LogP contribution is 2.03. The minimum absolute atomic E-state index is 0.830. The molecule has 0 unspecified atom stereocenters. The number of carboxylic acids is 1. The molecule has 0 aromatic carbocycles. The lowest BCUT2D eigenvalue weighted by atomic mass is 10.1. The fourth-order valence-electron chi connectivity index (χ4n) is 0.761. The molecule has 0 radical (unpaired) electrons. The minimum Gasteiger partial charge on any atom is -0.478 e. The molecule has 2 heteroatoms. The van der Waals surface area contributed by atoms with Crippen molar-refractivity contribution >= 4 is 5.97 Å². The molecule has 0 saturated heterocycles. The summed E-state index contributed by atoms with van der Waals surface area (Å²) in [4.78, 5) is 10.1. The minimum atomic E-state index is -0.858. The first-order chi connectivity index (χ1) is 5.16. The highest BCUT2D eigenvalue weighted by Gasteiger charge is 1.91. The molecule has 11 heavy (non-hydrogen) atoms. The summed E-state index contributed by atoms with van der Waals surface area (Å²) in [5, 5.41) is 8.35. The summed E-state index contributed by atoms with van der Waals surface area (Å²) < 4.78 is 0. The van der Waals surface area contributed by atoms with E-state index in [9.17, 15) is 4.79 Å². The van der Waals surface area contributed by atoms with Crippen molar-refractivity contribution in [2.45, 2.75) is 26.7 Å². The maximum Gasteiger partial charge on any atom is 0.328 e. The predicted molar refractivity (Wildman–Crippen MR) is 45.4 cm³/mol. The van der Waals surface area contributed by atoms with Crippen LogP contribution in [0.25, 0.3) is 0 Å². The third-order valence-electron chi connectivity index (χ3n) is 1.31. The van der Waals surface area contributed by atoms with E-state index in [0.29, 0.717) is 0 Å². The summed E-state index contributed by atoms with van der Waals surface area (Å²) in [5.74, 6) is -0.858. The van der Waals surface area contributed by atoms with Gasteiger partial charge >= 0.3 is 5.97 Å². The van der Waals surface area contributed by atoms with Crippen molar-refractivity contribution in [3.8, 4) is 0 Å². The Kier molecular flexibility index (Phi) is 5.17. The second-order valence-corrected chi connectivity index (χ2v) is 2.44. The average molecular weight is 154 g/mol. The Labute approximate surface area is 67.2 Å². The van der Waals surface area contributed by atoms with E-state index in [1.165, 1.54) is 6.08 Å². The van der Waals surface area contributed by atoms with Crippen molar-refractivity contribution in [3.05, 3.63) is 23.8 Å². The Morgan fingerprint density at radius 2 is 2.18 bits per heavy atom. The Morgan fingerprint density at radius 1 is 1.55 bits per heavy atom. The van der Waals surface area contributed by atoms with Crippen LogP contribution in [0, 0.1) is 0 Å². The van der Waals surface area contributed by atoms with Crippen LogP contribution in [0.5, 0.6) is 0 Å². The SMILES string of the molecule is C/C=C/CC/C(C)=C/C(=O)O. The third-order valence-corrected chi connectivity index (χ3v) is 1.31. The first-order valence-electron chi connectivity index (χ1n) is 3.68. The molecule has 0 aliphatic heterocycles. The molecule has 0 heterocycles. The monoisotopic (exact) mass is 154 g/mol.